The minimum atomic E-state index is -0.244. The van der Waals surface area contributed by atoms with Crippen LogP contribution in [0.2, 0.25) is 0 Å². The van der Waals surface area contributed by atoms with E-state index in [1.165, 1.54) is 7.11 Å². The Morgan fingerprint density at radius 1 is 1.33 bits per heavy atom. The lowest BCUT2D eigenvalue weighted by atomic mass is 9.90. The third kappa shape index (κ3) is 4.04. The van der Waals surface area contributed by atoms with E-state index in [2.05, 4.69) is 0 Å². The highest BCUT2D eigenvalue weighted by Crippen LogP contribution is 2.25. The van der Waals surface area contributed by atoms with E-state index in [4.69, 9.17) is 15.2 Å². The van der Waals surface area contributed by atoms with Crippen molar-refractivity contribution in [3.8, 4) is 5.75 Å². The summed E-state index contributed by atoms with van der Waals surface area (Å²) in [5.74, 6) is 0.544. The molecule has 1 aromatic rings. The fourth-order valence-corrected chi connectivity index (χ4v) is 1.85. The second-order valence-corrected chi connectivity index (χ2v) is 4.25. The second kappa shape index (κ2) is 7.01. The first-order chi connectivity index (χ1) is 8.58. The Morgan fingerprint density at radius 2 is 1.94 bits per heavy atom. The SMILES string of the molecule is CCOc1ccc(C(CC(=O)OC)C(C)N)cc1. The van der Waals surface area contributed by atoms with Gasteiger partial charge in [-0.2, -0.15) is 0 Å². The normalized spacial score (nSPS) is 13.8. The Hall–Kier alpha value is -1.55. The number of carbonyl (C=O) groups is 1. The molecule has 0 saturated heterocycles. The van der Waals surface area contributed by atoms with Crippen LogP contribution < -0.4 is 10.5 Å². The van der Waals surface area contributed by atoms with Crippen molar-refractivity contribution in [3.05, 3.63) is 29.8 Å². The van der Waals surface area contributed by atoms with E-state index < -0.39 is 0 Å². The fourth-order valence-electron chi connectivity index (χ4n) is 1.85. The Morgan fingerprint density at radius 3 is 2.39 bits per heavy atom. The molecule has 2 unspecified atom stereocenters. The maximum Gasteiger partial charge on any atom is 0.306 e. The smallest absolute Gasteiger partial charge is 0.306 e. The van der Waals surface area contributed by atoms with Crippen molar-refractivity contribution in [2.24, 2.45) is 5.73 Å². The number of carbonyl (C=O) groups excluding carboxylic acids is 1. The van der Waals surface area contributed by atoms with Gasteiger partial charge < -0.3 is 15.2 Å². The van der Waals surface area contributed by atoms with Gasteiger partial charge in [0, 0.05) is 12.0 Å². The molecular formula is C14H21NO3. The molecule has 4 heteroatoms. The van der Waals surface area contributed by atoms with E-state index in [1.54, 1.807) is 0 Å². The van der Waals surface area contributed by atoms with Gasteiger partial charge in [0.25, 0.3) is 0 Å². The van der Waals surface area contributed by atoms with E-state index in [0.717, 1.165) is 11.3 Å². The second-order valence-electron chi connectivity index (χ2n) is 4.25. The van der Waals surface area contributed by atoms with Gasteiger partial charge in [-0.1, -0.05) is 12.1 Å². The number of esters is 1. The quantitative estimate of drug-likeness (QED) is 0.786. The van der Waals surface area contributed by atoms with Crippen LogP contribution in [0.3, 0.4) is 0 Å². The molecule has 0 radical (unpaired) electrons. The molecule has 0 aromatic heterocycles. The van der Waals surface area contributed by atoms with Crippen LogP contribution in [-0.4, -0.2) is 25.7 Å². The maximum atomic E-state index is 11.4. The zero-order valence-corrected chi connectivity index (χ0v) is 11.2. The van der Waals surface area contributed by atoms with Crippen LogP contribution in [0.15, 0.2) is 24.3 Å². The first-order valence-corrected chi connectivity index (χ1v) is 6.13. The summed E-state index contributed by atoms with van der Waals surface area (Å²) in [6, 6.07) is 7.57. The number of rotatable bonds is 6. The molecule has 2 N–H and O–H groups in total. The van der Waals surface area contributed by atoms with E-state index >= 15 is 0 Å². The topological polar surface area (TPSA) is 61.5 Å². The minimum absolute atomic E-state index is 0.0341. The number of hydrogen-bond donors (Lipinski definition) is 1. The largest absolute Gasteiger partial charge is 0.494 e. The van der Waals surface area contributed by atoms with Crippen molar-refractivity contribution in [2.45, 2.75) is 32.2 Å². The first-order valence-electron chi connectivity index (χ1n) is 6.13. The lowest BCUT2D eigenvalue weighted by Crippen LogP contribution is -2.27. The Bertz CT molecular complexity index is 373. The lowest BCUT2D eigenvalue weighted by Gasteiger charge is -2.20. The highest BCUT2D eigenvalue weighted by atomic mass is 16.5. The molecule has 0 aliphatic rings. The monoisotopic (exact) mass is 251 g/mol. The molecule has 0 aliphatic carbocycles. The third-order valence-corrected chi connectivity index (χ3v) is 2.87. The molecular weight excluding hydrogens is 230 g/mol. The van der Waals surface area contributed by atoms with Gasteiger partial charge in [-0.05, 0) is 31.5 Å². The standard InChI is InChI=1S/C14H21NO3/c1-4-18-12-7-5-11(6-8-12)13(10(2)15)9-14(16)17-3/h5-8,10,13H,4,9,15H2,1-3H3. The third-order valence-electron chi connectivity index (χ3n) is 2.87. The Balaban J connectivity index is 2.82. The summed E-state index contributed by atoms with van der Waals surface area (Å²) in [5, 5.41) is 0. The van der Waals surface area contributed by atoms with E-state index in [0.29, 0.717) is 13.0 Å². The first kappa shape index (κ1) is 14.5. The van der Waals surface area contributed by atoms with Gasteiger partial charge >= 0.3 is 5.97 Å². The molecule has 1 rings (SSSR count). The van der Waals surface area contributed by atoms with Crippen molar-refractivity contribution in [3.63, 3.8) is 0 Å². The van der Waals surface area contributed by atoms with Crippen molar-refractivity contribution in [1.29, 1.82) is 0 Å². The van der Waals surface area contributed by atoms with Crippen molar-refractivity contribution >= 4 is 5.97 Å². The van der Waals surface area contributed by atoms with Gasteiger partial charge in [0.2, 0.25) is 0 Å². The molecule has 2 atom stereocenters. The molecule has 0 spiro atoms. The van der Waals surface area contributed by atoms with Crippen LogP contribution in [0.25, 0.3) is 0 Å². The molecule has 0 saturated carbocycles. The zero-order chi connectivity index (χ0) is 13.5. The van der Waals surface area contributed by atoms with Gasteiger partial charge in [0.1, 0.15) is 5.75 Å². The predicted molar refractivity (Wildman–Crippen MR) is 70.6 cm³/mol. The van der Waals surface area contributed by atoms with Crippen molar-refractivity contribution in [1.82, 2.24) is 0 Å². The van der Waals surface area contributed by atoms with Crippen LogP contribution in [0, 0.1) is 0 Å². The van der Waals surface area contributed by atoms with Crippen LogP contribution in [0.1, 0.15) is 31.7 Å². The molecule has 18 heavy (non-hydrogen) atoms. The molecule has 0 bridgehead atoms. The fraction of sp³-hybridized carbons (Fsp3) is 0.500. The summed E-state index contributed by atoms with van der Waals surface area (Å²) in [5.41, 5.74) is 6.96. The number of benzene rings is 1. The molecule has 1 aromatic carbocycles. The maximum absolute atomic E-state index is 11.4. The Labute approximate surface area is 108 Å². The molecule has 100 valence electrons. The van der Waals surface area contributed by atoms with Crippen LogP contribution in [-0.2, 0) is 9.53 Å². The van der Waals surface area contributed by atoms with Crippen molar-refractivity contribution < 1.29 is 14.3 Å². The van der Waals surface area contributed by atoms with Crippen LogP contribution in [0.4, 0.5) is 0 Å². The zero-order valence-electron chi connectivity index (χ0n) is 11.2. The molecule has 0 fully saturated rings. The summed E-state index contributed by atoms with van der Waals surface area (Å²) in [6.07, 6.45) is 0.294. The highest BCUT2D eigenvalue weighted by molar-refractivity contribution is 5.70. The van der Waals surface area contributed by atoms with Crippen molar-refractivity contribution in [2.75, 3.05) is 13.7 Å². The number of methoxy groups -OCH3 is 1. The summed E-state index contributed by atoms with van der Waals surface area (Å²) in [6.45, 7) is 4.47. The summed E-state index contributed by atoms with van der Waals surface area (Å²) < 4.78 is 10.1. The highest BCUT2D eigenvalue weighted by Gasteiger charge is 2.20. The predicted octanol–water partition coefficient (Wildman–Crippen LogP) is 2.08. The average molecular weight is 251 g/mol. The molecule has 0 aliphatic heterocycles. The van der Waals surface area contributed by atoms with E-state index in [1.807, 2.05) is 38.1 Å². The van der Waals surface area contributed by atoms with Gasteiger partial charge in [0.05, 0.1) is 20.1 Å². The molecule has 0 amide bonds. The van der Waals surface area contributed by atoms with Crippen LogP contribution >= 0.6 is 0 Å². The lowest BCUT2D eigenvalue weighted by molar-refractivity contribution is -0.141. The van der Waals surface area contributed by atoms with Gasteiger partial charge in [-0.15, -0.1) is 0 Å². The summed E-state index contributed by atoms with van der Waals surface area (Å²) in [4.78, 5) is 11.4. The van der Waals surface area contributed by atoms with Gasteiger partial charge in [-0.3, -0.25) is 4.79 Å². The average Bonchev–Trinajstić information content (AvgIpc) is 2.37. The summed E-state index contributed by atoms with van der Waals surface area (Å²) >= 11 is 0. The molecule has 4 nitrogen and oxygen atoms in total. The summed E-state index contributed by atoms with van der Waals surface area (Å²) in [7, 11) is 1.39. The van der Waals surface area contributed by atoms with Crippen LogP contribution in [0.5, 0.6) is 5.75 Å². The van der Waals surface area contributed by atoms with E-state index in [9.17, 15) is 4.79 Å². The minimum Gasteiger partial charge on any atom is -0.494 e. The number of ether oxygens (including phenoxy) is 2. The van der Waals surface area contributed by atoms with Gasteiger partial charge in [-0.25, -0.2) is 0 Å². The van der Waals surface area contributed by atoms with Gasteiger partial charge in [0.15, 0.2) is 0 Å². The number of nitrogens with two attached hydrogens (primary N) is 1. The number of hydrogen-bond acceptors (Lipinski definition) is 4. The molecule has 0 heterocycles. The van der Waals surface area contributed by atoms with E-state index in [-0.39, 0.29) is 17.9 Å². The Kier molecular flexibility index (Phi) is 5.65.